The summed E-state index contributed by atoms with van der Waals surface area (Å²) in [4.78, 5) is 72.4. The summed E-state index contributed by atoms with van der Waals surface area (Å²) in [5.74, 6) is -1.88. The summed E-state index contributed by atoms with van der Waals surface area (Å²) >= 11 is 0. The van der Waals surface area contributed by atoms with Crippen molar-refractivity contribution in [2.45, 2.75) is 78.1 Å². The normalized spacial score (nSPS) is 16.1. The van der Waals surface area contributed by atoms with Gasteiger partial charge in [0.05, 0.1) is 0 Å². The van der Waals surface area contributed by atoms with Gasteiger partial charge < -0.3 is 10.2 Å². The fourth-order valence-corrected chi connectivity index (χ4v) is 2.52. The van der Waals surface area contributed by atoms with Gasteiger partial charge in [-0.3, -0.25) is 28.9 Å². The van der Waals surface area contributed by atoms with E-state index in [1.807, 2.05) is 13.8 Å². The van der Waals surface area contributed by atoms with Gasteiger partial charge in [-0.2, -0.15) is 0 Å². The molecule has 0 bridgehead atoms. The lowest BCUT2D eigenvalue weighted by Gasteiger charge is -2.14. The second-order valence-electron chi connectivity index (χ2n) is 6.73. The molecule has 2 rings (SSSR count). The standard InChI is InChI=1S/C10H16N2O3.C9H13NO4/c1-2-3-4-8(13)11-7-12-9(14)5-6-10(12)15;1-2-3-4-9(13)14-10-7(11)5-6-8(10)12/h2-7H2,1H3,(H,11,13);2-6H2,1H3. The Kier molecular flexibility index (Phi) is 10.6. The van der Waals surface area contributed by atoms with Gasteiger partial charge in [0.25, 0.3) is 11.8 Å². The number of hydroxylamine groups is 2. The summed E-state index contributed by atoms with van der Waals surface area (Å²) < 4.78 is 0. The summed E-state index contributed by atoms with van der Waals surface area (Å²) in [6.45, 7) is 3.97. The number of rotatable bonds is 9. The van der Waals surface area contributed by atoms with Crippen molar-refractivity contribution in [1.29, 1.82) is 0 Å². The lowest BCUT2D eigenvalue weighted by Crippen LogP contribution is -2.40. The van der Waals surface area contributed by atoms with Crippen LogP contribution in [0.5, 0.6) is 0 Å². The molecule has 0 aliphatic carbocycles. The molecule has 1 N–H and O–H groups in total. The number of hydrogen-bond acceptors (Lipinski definition) is 7. The molecule has 0 saturated carbocycles. The molecule has 2 heterocycles. The molecule has 0 atom stereocenters. The molecule has 10 heteroatoms. The highest BCUT2D eigenvalue weighted by atomic mass is 16.7. The average molecular weight is 411 g/mol. The Hall–Kier alpha value is -2.78. The minimum atomic E-state index is -0.518. The summed E-state index contributed by atoms with van der Waals surface area (Å²) in [6, 6.07) is 0. The number of likely N-dealkylation sites (tertiary alicyclic amines) is 1. The first-order chi connectivity index (χ1) is 13.8. The van der Waals surface area contributed by atoms with E-state index in [2.05, 4.69) is 10.2 Å². The molecule has 2 aliphatic rings. The third-order valence-corrected chi connectivity index (χ3v) is 4.28. The predicted molar refractivity (Wildman–Crippen MR) is 100 cm³/mol. The number of nitrogens with zero attached hydrogens (tertiary/aromatic N) is 2. The Morgan fingerprint density at radius 3 is 1.83 bits per heavy atom. The Morgan fingerprint density at radius 2 is 1.31 bits per heavy atom. The number of amides is 5. The Morgan fingerprint density at radius 1 is 0.828 bits per heavy atom. The minimum Gasteiger partial charge on any atom is -0.338 e. The van der Waals surface area contributed by atoms with Crippen molar-refractivity contribution in [2.24, 2.45) is 0 Å². The first kappa shape index (κ1) is 24.3. The maximum Gasteiger partial charge on any atom is 0.333 e. The van der Waals surface area contributed by atoms with Crippen LogP contribution in [0.4, 0.5) is 0 Å². The van der Waals surface area contributed by atoms with E-state index in [0.29, 0.717) is 17.9 Å². The number of unbranched alkanes of at least 4 members (excludes halogenated alkanes) is 2. The fraction of sp³-hybridized carbons (Fsp3) is 0.684. The molecular formula is C19H29N3O7. The molecular weight excluding hydrogens is 382 g/mol. The molecule has 0 unspecified atom stereocenters. The fourth-order valence-electron chi connectivity index (χ4n) is 2.52. The van der Waals surface area contributed by atoms with Gasteiger partial charge in [0.15, 0.2) is 0 Å². The van der Waals surface area contributed by atoms with Gasteiger partial charge in [-0.05, 0) is 12.8 Å². The van der Waals surface area contributed by atoms with Gasteiger partial charge in [-0.1, -0.05) is 26.7 Å². The van der Waals surface area contributed by atoms with E-state index in [4.69, 9.17) is 0 Å². The zero-order valence-electron chi connectivity index (χ0n) is 17.0. The van der Waals surface area contributed by atoms with Crippen molar-refractivity contribution in [3.05, 3.63) is 0 Å². The molecule has 2 saturated heterocycles. The second kappa shape index (κ2) is 12.6. The van der Waals surface area contributed by atoms with Crippen LogP contribution in [-0.2, 0) is 33.6 Å². The quantitative estimate of drug-likeness (QED) is 0.564. The van der Waals surface area contributed by atoms with Gasteiger partial charge in [0.2, 0.25) is 17.7 Å². The van der Waals surface area contributed by atoms with Crippen molar-refractivity contribution in [3.8, 4) is 0 Å². The van der Waals surface area contributed by atoms with E-state index >= 15 is 0 Å². The zero-order chi connectivity index (χ0) is 21.8. The van der Waals surface area contributed by atoms with Crippen LogP contribution in [0.25, 0.3) is 0 Å². The molecule has 0 aromatic carbocycles. The van der Waals surface area contributed by atoms with Crippen LogP contribution in [0, 0.1) is 0 Å². The maximum atomic E-state index is 11.2. The molecule has 0 aromatic heterocycles. The highest BCUT2D eigenvalue weighted by Crippen LogP contribution is 2.13. The number of nitrogens with one attached hydrogen (secondary N) is 1. The van der Waals surface area contributed by atoms with E-state index in [-0.39, 0.29) is 56.5 Å². The van der Waals surface area contributed by atoms with E-state index in [1.54, 1.807) is 0 Å². The summed E-state index contributed by atoms with van der Waals surface area (Å²) in [7, 11) is 0. The highest BCUT2D eigenvalue weighted by Gasteiger charge is 2.32. The number of carbonyl (C=O) groups excluding carboxylic acids is 6. The van der Waals surface area contributed by atoms with Gasteiger partial charge in [0, 0.05) is 38.5 Å². The molecule has 2 fully saturated rings. The van der Waals surface area contributed by atoms with E-state index in [0.717, 1.165) is 24.2 Å². The molecule has 2 aliphatic heterocycles. The van der Waals surface area contributed by atoms with Gasteiger partial charge in [-0.15, -0.1) is 5.06 Å². The topological polar surface area (TPSA) is 130 Å². The van der Waals surface area contributed by atoms with Gasteiger partial charge >= 0.3 is 5.97 Å². The van der Waals surface area contributed by atoms with Gasteiger partial charge in [0.1, 0.15) is 6.67 Å². The third kappa shape index (κ3) is 8.41. The van der Waals surface area contributed by atoms with Gasteiger partial charge in [-0.25, -0.2) is 4.79 Å². The Balaban J connectivity index is 0.000000291. The Bertz CT molecular complexity index is 616. The van der Waals surface area contributed by atoms with Crippen LogP contribution < -0.4 is 5.32 Å². The van der Waals surface area contributed by atoms with Crippen LogP contribution in [0.15, 0.2) is 0 Å². The maximum absolute atomic E-state index is 11.2. The average Bonchev–Trinajstić information content (AvgIpc) is 3.19. The third-order valence-electron chi connectivity index (χ3n) is 4.28. The van der Waals surface area contributed by atoms with Crippen molar-refractivity contribution in [2.75, 3.05) is 6.67 Å². The van der Waals surface area contributed by atoms with Crippen LogP contribution >= 0.6 is 0 Å². The van der Waals surface area contributed by atoms with Crippen molar-refractivity contribution < 1.29 is 33.6 Å². The van der Waals surface area contributed by atoms with E-state index in [9.17, 15) is 28.8 Å². The summed E-state index contributed by atoms with van der Waals surface area (Å²) in [5.41, 5.74) is 0. The predicted octanol–water partition coefficient (Wildman–Crippen LogP) is 1.18. The Labute approximate surface area is 169 Å². The first-order valence-corrected chi connectivity index (χ1v) is 9.96. The molecule has 29 heavy (non-hydrogen) atoms. The van der Waals surface area contributed by atoms with Crippen molar-refractivity contribution >= 4 is 35.5 Å². The highest BCUT2D eigenvalue weighted by molar-refractivity contribution is 6.02. The zero-order valence-corrected chi connectivity index (χ0v) is 17.0. The summed E-state index contributed by atoms with van der Waals surface area (Å²) in [6.07, 6.45) is 4.86. The number of hydrogen-bond donors (Lipinski definition) is 1. The van der Waals surface area contributed by atoms with Crippen LogP contribution in [0.3, 0.4) is 0 Å². The lowest BCUT2D eigenvalue weighted by atomic mass is 10.2. The van der Waals surface area contributed by atoms with Crippen molar-refractivity contribution in [1.82, 2.24) is 15.3 Å². The monoisotopic (exact) mass is 411 g/mol. The largest absolute Gasteiger partial charge is 0.338 e. The first-order valence-electron chi connectivity index (χ1n) is 9.96. The molecule has 0 spiro atoms. The number of carbonyl (C=O) groups is 6. The molecule has 5 amide bonds. The SMILES string of the molecule is CCCCC(=O)NCN1C(=O)CCC1=O.CCCCC(=O)ON1C(=O)CCC1=O. The molecule has 162 valence electrons. The van der Waals surface area contributed by atoms with Crippen LogP contribution in [0.2, 0.25) is 0 Å². The minimum absolute atomic E-state index is 0.0280. The van der Waals surface area contributed by atoms with Crippen LogP contribution in [-0.4, -0.2) is 52.1 Å². The van der Waals surface area contributed by atoms with E-state index in [1.165, 1.54) is 0 Å². The second-order valence-corrected chi connectivity index (χ2v) is 6.73. The smallest absolute Gasteiger partial charge is 0.333 e. The number of imide groups is 2. The molecule has 10 nitrogen and oxygen atoms in total. The van der Waals surface area contributed by atoms with Crippen molar-refractivity contribution in [3.63, 3.8) is 0 Å². The van der Waals surface area contributed by atoms with E-state index < -0.39 is 17.8 Å². The van der Waals surface area contributed by atoms with Crippen LogP contribution in [0.1, 0.15) is 78.1 Å². The summed E-state index contributed by atoms with van der Waals surface area (Å²) in [5, 5.41) is 3.15. The molecule has 0 radical (unpaired) electrons. The molecule has 0 aromatic rings. The lowest BCUT2D eigenvalue weighted by molar-refractivity contribution is -0.197.